The molecule has 0 unspecified atom stereocenters. The molecule has 4 aromatic rings. The Bertz CT molecular complexity index is 1280. The number of ether oxygens (including phenoxy) is 1. The monoisotopic (exact) mass is 491 g/mol. The van der Waals surface area contributed by atoms with Crippen LogP contribution >= 0.6 is 0 Å². The van der Waals surface area contributed by atoms with Crippen LogP contribution in [0.3, 0.4) is 0 Å². The minimum Gasteiger partial charge on any atom is -0.466 e. The molecule has 0 aliphatic heterocycles. The summed E-state index contributed by atoms with van der Waals surface area (Å²) >= 11 is 0. The van der Waals surface area contributed by atoms with Crippen LogP contribution in [0, 0.1) is 13.8 Å². The van der Waals surface area contributed by atoms with Gasteiger partial charge in [-0.25, -0.2) is 0 Å². The highest BCUT2D eigenvalue weighted by molar-refractivity contribution is 5.73. The first-order chi connectivity index (χ1) is 18.0. The van der Waals surface area contributed by atoms with Crippen LogP contribution in [-0.2, 0) is 16.1 Å². The molecule has 3 nitrogen and oxygen atoms in total. The maximum atomic E-state index is 13.0. The zero-order valence-electron chi connectivity index (χ0n) is 22.4. The number of benzene rings is 4. The van der Waals surface area contributed by atoms with Crippen LogP contribution < -0.4 is 0 Å². The molecule has 0 aromatic heterocycles. The van der Waals surface area contributed by atoms with Crippen molar-refractivity contribution < 1.29 is 9.53 Å². The molecule has 0 amide bonds. The molecule has 2 atom stereocenters. The molecule has 4 aromatic carbocycles. The Hall–Kier alpha value is -3.69. The molecule has 190 valence electrons. The van der Waals surface area contributed by atoms with Crippen molar-refractivity contribution in [3.8, 4) is 11.1 Å². The Balaban J connectivity index is 1.82. The second-order valence-electron chi connectivity index (χ2n) is 9.66. The lowest BCUT2D eigenvalue weighted by Crippen LogP contribution is -2.33. The van der Waals surface area contributed by atoms with E-state index in [-0.39, 0.29) is 24.5 Å². The number of nitrogens with zero attached hydrogens (tertiary/aromatic N) is 1. The molecule has 0 N–H and O–H groups in total. The molecule has 0 radical (unpaired) electrons. The minimum absolute atomic E-state index is 0.0877. The van der Waals surface area contributed by atoms with E-state index in [1.54, 1.807) is 0 Å². The van der Waals surface area contributed by atoms with Crippen molar-refractivity contribution in [3.63, 3.8) is 0 Å². The highest BCUT2D eigenvalue weighted by Crippen LogP contribution is 2.37. The van der Waals surface area contributed by atoms with Gasteiger partial charge in [-0.2, -0.15) is 0 Å². The molecule has 4 rings (SSSR count). The molecular weight excluding hydrogens is 454 g/mol. The fraction of sp³-hybridized carbons (Fsp3) is 0.265. The Morgan fingerprint density at radius 3 is 2.03 bits per heavy atom. The average Bonchev–Trinajstić information content (AvgIpc) is 2.91. The van der Waals surface area contributed by atoms with Gasteiger partial charge < -0.3 is 4.74 Å². The zero-order chi connectivity index (χ0) is 26.2. The summed E-state index contributed by atoms with van der Waals surface area (Å²) in [6.45, 7) is 9.50. The van der Waals surface area contributed by atoms with E-state index in [4.69, 9.17) is 4.74 Å². The van der Waals surface area contributed by atoms with E-state index >= 15 is 0 Å². The summed E-state index contributed by atoms with van der Waals surface area (Å²) in [7, 11) is 0. The first-order valence-corrected chi connectivity index (χ1v) is 13.1. The lowest BCUT2D eigenvalue weighted by molar-refractivity contribution is -0.145. The van der Waals surface area contributed by atoms with Gasteiger partial charge in [0.05, 0.1) is 13.0 Å². The Morgan fingerprint density at radius 1 is 0.784 bits per heavy atom. The van der Waals surface area contributed by atoms with Gasteiger partial charge in [-0.1, -0.05) is 97.1 Å². The summed E-state index contributed by atoms with van der Waals surface area (Å²) in [5.74, 6) is -0.178. The van der Waals surface area contributed by atoms with Crippen LogP contribution in [0.5, 0.6) is 0 Å². The van der Waals surface area contributed by atoms with Gasteiger partial charge in [-0.3, -0.25) is 9.69 Å². The van der Waals surface area contributed by atoms with Crippen molar-refractivity contribution in [2.75, 3.05) is 6.61 Å². The smallest absolute Gasteiger partial charge is 0.307 e. The fourth-order valence-corrected chi connectivity index (χ4v) is 5.21. The molecule has 3 heteroatoms. The summed E-state index contributed by atoms with van der Waals surface area (Å²) in [5.41, 5.74) is 8.48. The Kier molecular flexibility index (Phi) is 8.92. The van der Waals surface area contributed by atoms with Crippen molar-refractivity contribution in [1.29, 1.82) is 0 Å². The van der Waals surface area contributed by atoms with Crippen molar-refractivity contribution in [2.45, 2.75) is 52.7 Å². The summed E-state index contributed by atoms with van der Waals surface area (Å²) in [6, 6.07) is 36.1. The third-order valence-electron chi connectivity index (χ3n) is 7.09. The number of hydrogen-bond donors (Lipinski definition) is 0. The normalized spacial score (nSPS) is 12.8. The number of esters is 1. The SMILES string of the molecule is CCOC(=O)C[C@@H](c1cccc(-c2c(C)cccc2C)c1)N(Cc1ccccc1)[C@H](C)c1ccccc1. The standard InChI is InChI=1S/C34H37NO2/c1-5-37-33(36)23-32(30-20-13-21-31(22-30)34-25(2)14-12-15-26(34)3)35(24-28-16-8-6-9-17-28)27(4)29-18-10-7-11-19-29/h6-22,27,32H,5,23-24H2,1-4H3/t27-,32+/m1/s1. The third-order valence-corrected chi connectivity index (χ3v) is 7.09. The molecule has 0 bridgehead atoms. The minimum atomic E-state index is -0.178. The van der Waals surface area contributed by atoms with Gasteiger partial charge in [0.25, 0.3) is 0 Å². The average molecular weight is 492 g/mol. The number of rotatable bonds is 10. The molecule has 0 spiro atoms. The number of carbonyl (C=O) groups excluding carboxylic acids is 1. The van der Waals surface area contributed by atoms with Crippen LogP contribution in [-0.4, -0.2) is 17.5 Å². The molecule has 0 aliphatic rings. The number of aryl methyl sites for hydroxylation is 2. The summed E-state index contributed by atoms with van der Waals surface area (Å²) in [5, 5.41) is 0. The van der Waals surface area contributed by atoms with Gasteiger partial charge in [0.1, 0.15) is 0 Å². The van der Waals surface area contributed by atoms with Crippen LogP contribution in [0.2, 0.25) is 0 Å². The van der Waals surface area contributed by atoms with Crippen LogP contribution in [0.4, 0.5) is 0 Å². The van der Waals surface area contributed by atoms with Gasteiger partial charge in [0.15, 0.2) is 0 Å². The Labute approximate surface area is 221 Å². The quantitative estimate of drug-likeness (QED) is 0.209. The molecule has 0 aliphatic carbocycles. The predicted molar refractivity (Wildman–Crippen MR) is 152 cm³/mol. The highest BCUT2D eigenvalue weighted by atomic mass is 16.5. The molecule has 0 fully saturated rings. The maximum Gasteiger partial charge on any atom is 0.307 e. The second kappa shape index (κ2) is 12.5. The van der Waals surface area contributed by atoms with Crippen LogP contribution in [0.15, 0.2) is 103 Å². The largest absolute Gasteiger partial charge is 0.466 e. The van der Waals surface area contributed by atoms with Crippen molar-refractivity contribution in [3.05, 3.63) is 131 Å². The van der Waals surface area contributed by atoms with Gasteiger partial charge in [0.2, 0.25) is 0 Å². The molecule has 0 saturated carbocycles. The molecule has 37 heavy (non-hydrogen) atoms. The first-order valence-electron chi connectivity index (χ1n) is 13.1. The van der Waals surface area contributed by atoms with Crippen LogP contribution in [0.25, 0.3) is 11.1 Å². The van der Waals surface area contributed by atoms with Crippen LogP contribution in [0.1, 0.15) is 60.2 Å². The first kappa shape index (κ1) is 26.4. The molecular formula is C34H37NO2. The van der Waals surface area contributed by atoms with Crippen molar-refractivity contribution in [1.82, 2.24) is 4.90 Å². The lowest BCUT2D eigenvalue weighted by Gasteiger charge is -2.37. The maximum absolute atomic E-state index is 13.0. The number of hydrogen-bond acceptors (Lipinski definition) is 3. The Morgan fingerprint density at radius 2 is 1.38 bits per heavy atom. The topological polar surface area (TPSA) is 29.5 Å². The van der Waals surface area contributed by atoms with Gasteiger partial charge >= 0.3 is 5.97 Å². The zero-order valence-corrected chi connectivity index (χ0v) is 22.4. The third kappa shape index (κ3) is 6.55. The van der Waals surface area contributed by atoms with Gasteiger partial charge in [-0.15, -0.1) is 0 Å². The van der Waals surface area contributed by atoms with E-state index in [9.17, 15) is 4.79 Å². The van der Waals surface area contributed by atoms with Crippen molar-refractivity contribution in [2.24, 2.45) is 0 Å². The van der Waals surface area contributed by atoms with E-state index in [0.29, 0.717) is 13.2 Å². The van der Waals surface area contributed by atoms with E-state index < -0.39 is 0 Å². The lowest BCUT2D eigenvalue weighted by atomic mass is 9.91. The van der Waals surface area contributed by atoms with E-state index in [2.05, 4.69) is 117 Å². The highest BCUT2D eigenvalue weighted by Gasteiger charge is 2.29. The fourth-order valence-electron chi connectivity index (χ4n) is 5.21. The summed E-state index contributed by atoms with van der Waals surface area (Å²) < 4.78 is 5.47. The van der Waals surface area contributed by atoms with E-state index in [1.165, 1.54) is 33.4 Å². The van der Waals surface area contributed by atoms with E-state index in [0.717, 1.165) is 5.56 Å². The van der Waals surface area contributed by atoms with Crippen molar-refractivity contribution >= 4 is 5.97 Å². The van der Waals surface area contributed by atoms with Gasteiger partial charge in [-0.05, 0) is 72.7 Å². The number of carbonyl (C=O) groups is 1. The summed E-state index contributed by atoms with van der Waals surface area (Å²) in [6.07, 6.45) is 0.286. The molecule has 0 heterocycles. The van der Waals surface area contributed by atoms with E-state index in [1.807, 2.05) is 19.1 Å². The summed E-state index contributed by atoms with van der Waals surface area (Å²) in [4.78, 5) is 15.4. The molecule has 0 saturated heterocycles. The second-order valence-corrected chi connectivity index (χ2v) is 9.66. The predicted octanol–water partition coefficient (Wildman–Crippen LogP) is 8.23. The van der Waals surface area contributed by atoms with Gasteiger partial charge in [0, 0.05) is 18.6 Å².